The Morgan fingerprint density at radius 1 is 1.15 bits per heavy atom. The van der Waals surface area contributed by atoms with Crippen molar-refractivity contribution < 1.29 is 13.2 Å². The van der Waals surface area contributed by atoms with Crippen LogP contribution in [0.25, 0.3) is 0 Å². The van der Waals surface area contributed by atoms with Crippen molar-refractivity contribution in [2.24, 2.45) is 5.92 Å². The normalized spacial score (nSPS) is 22.8. The molecule has 2 fully saturated rings. The number of sulfonamides is 1. The van der Waals surface area contributed by atoms with Crippen LogP contribution in [0.5, 0.6) is 0 Å². The number of hydrogen-bond acceptors (Lipinski definition) is 4. The topological polar surface area (TPSA) is 60.9 Å². The van der Waals surface area contributed by atoms with Crippen molar-refractivity contribution >= 4 is 39.1 Å². The van der Waals surface area contributed by atoms with Gasteiger partial charge in [0.05, 0.1) is 12.2 Å². The van der Waals surface area contributed by atoms with Crippen LogP contribution in [-0.2, 0) is 21.4 Å². The van der Waals surface area contributed by atoms with E-state index in [1.54, 1.807) is 6.07 Å². The Bertz CT molecular complexity index is 795. The molecule has 9 heteroatoms. The fraction of sp³-hybridized carbons (Fsp3) is 0.611. The molecule has 0 unspecified atom stereocenters. The van der Waals surface area contributed by atoms with Gasteiger partial charge in [0.1, 0.15) is 0 Å². The maximum atomic E-state index is 12.8. The molecule has 1 aromatic carbocycles. The highest BCUT2D eigenvalue weighted by Gasteiger charge is 2.33. The average Bonchev–Trinajstić information content (AvgIpc) is 2.63. The van der Waals surface area contributed by atoms with Crippen LogP contribution in [0.1, 0.15) is 18.4 Å². The molecule has 150 valence electrons. The number of benzene rings is 1. The van der Waals surface area contributed by atoms with Crippen LogP contribution < -0.4 is 0 Å². The molecule has 1 aromatic rings. The molecule has 2 aliphatic heterocycles. The summed E-state index contributed by atoms with van der Waals surface area (Å²) in [6.07, 6.45) is 2.70. The van der Waals surface area contributed by atoms with Gasteiger partial charge in [-0.15, -0.1) is 0 Å². The maximum Gasteiger partial charge on any atom is 0.227 e. The molecule has 0 bridgehead atoms. The highest BCUT2D eigenvalue weighted by atomic mass is 35.5. The Morgan fingerprint density at radius 2 is 1.85 bits per heavy atom. The van der Waals surface area contributed by atoms with E-state index >= 15 is 0 Å². The SMILES string of the molecule is CS(=O)(=O)N1CCC[C@H](C(=O)N2CCN(Cc3ccc(Cl)cc3Cl)CC2)C1. The fourth-order valence-corrected chi connectivity index (χ4v) is 5.10. The predicted octanol–water partition coefficient (Wildman–Crippen LogP) is 2.31. The molecule has 0 saturated carbocycles. The monoisotopic (exact) mass is 433 g/mol. The quantitative estimate of drug-likeness (QED) is 0.730. The molecule has 2 aliphatic rings. The van der Waals surface area contributed by atoms with E-state index in [0.717, 1.165) is 38.0 Å². The van der Waals surface area contributed by atoms with Crippen molar-refractivity contribution in [2.45, 2.75) is 19.4 Å². The first-order valence-electron chi connectivity index (χ1n) is 9.14. The second kappa shape index (κ2) is 8.66. The van der Waals surface area contributed by atoms with Crippen LogP contribution in [0.3, 0.4) is 0 Å². The van der Waals surface area contributed by atoms with Gasteiger partial charge < -0.3 is 4.90 Å². The zero-order chi connectivity index (χ0) is 19.6. The standard InChI is InChI=1S/C18H25Cl2N3O3S/c1-27(25,26)23-6-2-3-15(13-23)18(24)22-9-7-21(8-10-22)12-14-4-5-16(19)11-17(14)20/h4-5,11,15H,2-3,6-10,12-13H2,1H3/t15-/m0/s1. The van der Waals surface area contributed by atoms with Crippen LogP contribution in [-0.4, -0.2) is 74.0 Å². The van der Waals surface area contributed by atoms with Gasteiger partial charge in [0.25, 0.3) is 0 Å². The molecule has 0 aromatic heterocycles. The number of carbonyl (C=O) groups is 1. The fourth-order valence-electron chi connectivity index (χ4n) is 3.72. The first kappa shape index (κ1) is 20.9. The van der Waals surface area contributed by atoms with Crippen LogP contribution in [0, 0.1) is 5.92 Å². The van der Waals surface area contributed by atoms with Crippen molar-refractivity contribution in [2.75, 3.05) is 45.5 Å². The Balaban J connectivity index is 1.53. The van der Waals surface area contributed by atoms with Crippen molar-refractivity contribution in [1.29, 1.82) is 0 Å². The Kier molecular flexibility index (Phi) is 6.69. The number of carbonyl (C=O) groups excluding carboxylic acids is 1. The largest absolute Gasteiger partial charge is 0.340 e. The van der Waals surface area contributed by atoms with E-state index in [1.165, 1.54) is 10.6 Å². The molecule has 1 atom stereocenters. The zero-order valence-electron chi connectivity index (χ0n) is 15.4. The van der Waals surface area contributed by atoms with Gasteiger partial charge in [0.2, 0.25) is 15.9 Å². The Morgan fingerprint density at radius 3 is 2.48 bits per heavy atom. The predicted molar refractivity (Wildman–Crippen MR) is 107 cm³/mol. The van der Waals surface area contributed by atoms with Crippen molar-refractivity contribution in [3.63, 3.8) is 0 Å². The molecular weight excluding hydrogens is 409 g/mol. The second-order valence-corrected chi connectivity index (χ2v) is 10.1. The van der Waals surface area contributed by atoms with Gasteiger partial charge in [0.15, 0.2) is 0 Å². The molecule has 27 heavy (non-hydrogen) atoms. The van der Waals surface area contributed by atoms with Gasteiger partial charge in [-0.1, -0.05) is 29.3 Å². The summed E-state index contributed by atoms with van der Waals surface area (Å²) in [5.74, 6) is -0.154. The molecule has 6 nitrogen and oxygen atoms in total. The van der Waals surface area contributed by atoms with Crippen LogP contribution in [0.2, 0.25) is 10.0 Å². The first-order valence-corrected chi connectivity index (χ1v) is 11.7. The Hall–Kier alpha value is -0.860. The number of rotatable bonds is 4. The molecule has 1 amide bonds. The molecule has 3 rings (SSSR count). The molecule has 0 aliphatic carbocycles. The molecule has 2 saturated heterocycles. The lowest BCUT2D eigenvalue weighted by atomic mass is 9.97. The third kappa shape index (κ3) is 5.35. The summed E-state index contributed by atoms with van der Waals surface area (Å²) in [5, 5.41) is 1.28. The minimum absolute atomic E-state index is 0.0764. The summed E-state index contributed by atoms with van der Waals surface area (Å²) < 4.78 is 25.0. The number of halogens is 2. The Labute approximate surface area is 171 Å². The highest BCUT2D eigenvalue weighted by molar-refractivity contribution is 7.88. The van der Waals surface area contributed by atoms with E-state index < -0.39 is 10.0 Å². The van der Waals surface area contributed by atoms with Gasteiger partial charge in [-0.2, -0.15) is 0 Å². The average molecular weight is 434 g/mol. The van der Waals surface area contributed by atoms with E-state index in [0.29, 0.717) is 36.2 Å². The van der Waals surface area contributed by atoms with Crippen LogP contribution in [0.4, 0.5) is 0 Å². The number of piperazine rings is 1. The van der Waals surface area contributed by atoms with Crippen molar-refractivity contribution in [3.05, 3.63) is 33.8 Å². The minimum atomic E-state index is -3.24. The number of piperidine rings is 1. The number of hydrogen-bond donors (Lipinski definition) is 0. The van der Waals surface area contributed by atoms with Gasteiger partial charge in [0, 0.05) is 55.9 Å². The molecule has 0 radical (unpaired) electrons. The third-order valence-corrected chi connectivity index (χ3v) is 7.15. The van der Waals surface area contributed by atoms with E-state index in [1.807, 2.05) is 17.0 Å². The van der Waals surface area contributed by atoms with E-state index in [9.17, 15) is 13.2 Å². The summed E-state index contributed by atoms with van der Waals surface area (Å²) in [6.45, 7) is 4.39. The number of nitrogens with zero attached hydrogens (tertiary/aromatic N) is 3. The summed E-state index contributed by atoms with van der Waals surface area (Å²) in [7, 11) is -3.24. The first-order chi connectivity index (χ1) is 12.7. The van der Waals surface area contributed by atoms with E-state index in [2.05, 4.69) is 4.90 Å². The lowest BCUT2D eigenvalue weighted by Crippen LogP contribution is -2.52. The molecule has 0 spiro atoms. The smallest absolute Gasteiger partial charge is 0.227 e. The van der Waals surface area contributed by atoms with Crippen molar-refractivity contribution in [3.8, 4) is 0 Å². The molecule has 2 heterocycles. The molecular formula is C18H25Cl2N3O3S. The lowest BCUT2D eigenvalue weighted by Gasteiger charge is -2.38. The molecule has 0 N–H and O–H groups in total. The zero-order valence-corrected chi connectivity index (χ0v) is 17.7. The second-order valence-electron chi connectivity index (χ2n) is 7.30. The van der Waals surface area contributed by atoms with Gasteiger partial charge in [-0.05, 0) is 30.5 Å². The van der Waals surface area contributed by atoms with Crippen LogP contribution in [0.15, 0.2) is 18.2 Å². The van der Waals surface area contributed by atoms with Crippen molar-refractivity contribution in [1.82, 2.24) is 14.1 Å². The highest BCUT2D eigenvalue weighted by Crippen LogP contribution is 2.24. The van der Waals surface area contributed by atoms with E-state index in [4.69, 9.17) is 23.2 Å². The van der Waals surface area contributed by atoms with Gasteiger partial charge in [-0.3, -0.25) is 9.69 Å². The summed E-state index contributed by atoms with van der Waals surface area (Å²) >= 11 is 12.2. The number of amides is 1. The van der Waals surface area contributed by atoms with Crippen LogP contribution >= 0.6 is 23.2 Å². The van der Waals surface area contributed by atoms with Gasteiger partial charge >= 0.3 is 0 Å². The summed E-state index contributed by atoms with van der Waals surface area (Å²) in [4.78, 5) is 17.0. The third-order valence-electron chi connectivity index (χ3n) is 5.30. The summed E-state index contributed by atoms with van der Waals surface area (Å²) in [5.41, 5.74) is 1.02. The minimum Gasteiger partial charge on any atom is -0.340 e. The lowest BCUT2D eigenvalue weighted by molar-refractivity contribution is -0.138. The van der Waals surface area contributed by atoms with E-state index in [-0.39, 0.29) is 11.8 Å². The maximum absolute atomic E-state index is 12.8. The summed E-state index contributed by atoms with van der Waals surface area (Å²) in [6, 6.07) is 5.51. The van der Waals surface area contributed by atoms with Gasteiger partial charge in [-0.25, -0.2) is 12.7 Å².